The van der Waals surface area contributed by atoms with E-state index in [0.717, 1.165) is 36.5 Å². The van der Waals surface area contributed by atoms with Gasteiger partial charge in [-0.25, -0.2) is 4.39 Å². The third-order valence-electron chi connectivity index (χ3n) is 11.5. The highest BCUT2D eigenvalue weighted by atomic mass is 19.1. The molecule has 0 radical (unpaired) electrons. The second-order valence-corrected chi connectivity index (χ2v) is 13.4. The summed E-state index contributed by atoms with van der Waals surface area (Å²) in [5, 5.41) is 0. The van der Waals surface area contributed by atoms with Crippen molar-refractivity contribution < 1.29 is 18.7 Å². The van der Waals surface area contributed by atoms with Gasteiger partial charge in [-0.2, -0.15) is 0 Å². The molecule has 1 saturated heterocycles. The Balaban J connectivity index is 1.37. The van der Waals surface area contributed by atoms with Gasteiger partial charge in [-0.15, -0.1) is 0 Å². The summed E-state index contributed by atoms with van der Waals surface area (Å²) in [6.07, 6.45) is 11.7. The fourth-order valence-corrected chi connectivity index (χ4v) is 9.94. The molecule has 0 aromatic heterocycles. The van der Waals surface area contributed by atoms with Crippen LogP contribution in [0.15, 0.2) is 0 Å². The first-order valence-corrected chi connectivity index (χ1v) is 14.1. The number of esters is 1. The van der Waals surface area contributed by atoms with E-state index in [0.29, 0.717) is 36.7 Å². The highest BCUT2D eigenvalue weighted by Crippen LogP contribution is 2.74. The van der Waals surface area contributed by atoms with Gasteiger partial charge in [0.1, 0.15) is 18.4 Å². The molecule has 0 N–H and O–H groups in total. The lowest BCUT2D eigenvalue weighted by molar-refractivity contribution is -0.167. The van der Waals surface area contributed by atoms with Crippen molar-refractivity contribution in [2.45, 2.75) is 123 Å². The van der Waals surface area contributed by atoms with Crippen LogP contribution >= 0.6 is 0 Å². The zero-order valence-corrected chi connectivity index (χ0v) is 21.7. The van der Waals surface area contributed by atoms with Crippen molar-refractivity contribution in [3.8, 4) is 0 Å². The monoisotopic (exact) mass is 462 g/mol. The molecular formula is C29H47FO3. The normalized spacial score (nSPS) is 48.9. The Morgan fingerprint density at radius 2 is 1.88 bits per heavy atom. The molecule has 4 saturated carbocycles. The van der Waals surface area contributed by atoms with Crippen LogP contribution in [0.3, 0.4) is 0 Å². The number of rotatable bonds is 7. The second-order valence-electron chi connectivity index (χ2n) is 13.4. The zero-order chi connectivity index (χ0) is 23.6. The van der Waals surface area contributed by atoms with E-state index in [-0.39, 0.29) is 23.1 Å². The summed E-state index contributed by atoms with van der Waals surface area (Å²) in [7, 11) is 0. The van der Waals surface area contributed by atoms with Gasteiger partial charge in [-0.3, -0.25) is 4.79 Å². The van der Waals surface area contributed by atoms with E-state index in [1.807, 2.05) is 0 Å². The molecule has 1 aliphatic heterocycles. The molecule has 5 rings (SSSR count). The summed E-state index contributed by atoms with van der Waals surface area (Å²) in [5.41, 5.74) is -0.110. The van der Waals surface area contributed by atoms with Crippen molar-refractivity contribution >= 4 is 5.97 Å². The first-order valence-electron chi connectivity index (χ1n) is 14.1. The zero-order valence-electron chi connectivity index (χ0n) is 21.7. The van der Waals surface area contributed by atoms with Gasteiger partial charge in [0, 0.05) is 18.8 Å². The smallest absolute Gasteiger partial charge is 0.302 e. The molecular weight excluding hydrogens is 415 g/mol. The highest BCUT2D eigenvalue weighted by molar-refractivity contribution is 5.66. The van der Waals surface area contributed by atoms with E-state index in [1.54, 1.807) is 0 Å². The van der Waals surface area contributed by atoms with Crippen molar-refractivity contribution in [3.63, 3.8) is 0 Å². The lowest BCUT2D eigenvalue weighted by Crippen LogP contribution is -2.61. The highest BCUT2D eigenvalue weighted by Gasteiger charge is 2.78. The van der Waals surface area contributed by atoms with Crippen LogP contribution in [0.1, 0.15) is 105 Å². The summed E-state index contributed by atoms with van der Waals surface area (Å²) < 4.78 is 26.8. The lowest BCUT2D eigenvalue weighted by atomic mass is 9.44. The fourth-order valence-electron chi connectivity index (χ4n) is 9.94. The Labute approximate surface area is 200 Å². The summed E-state index contributed by atoms with van der Waals surface area (Å²) >= 11 is 0. The number of carbonyl (C=O) groups excluding carboxylic acids is 1. The van der Waals surface area contributed by atoms with Crippen molar-refractivity contribution in [1.29, 1.82) is 0 Å². The maximum Gasteiger partial charge on any atom is 0.302 e. The van der Waals surface area contributed by atoms with E-state index in [4.69, 9.17) is 9.47 Å². The standard InChI is InChI=1S/C29H47FO3/c1-18(2)7-6-8-19(3)23-9-10-24-22-15-26-29(33-26)16-21(30)11-14-28(29,17-32-20(4)31)25(22)12-13-27(23,24)5/h18-19,21-26H,6-17H2,1-5H3/t19-,21+,22+,23-,24+,25+,26-,27-,28+,29-/m1/s1. The second kappa shape index (κ2) is 8.49. The van der Waals surface area contributed by atoms with E-state index in [1.165, 1.54) is 51.9 Å². The SMILES string of the molecule is CC(=O)OC[C@]12CC[C@H](F)C[C@]13O[C@@H]3C[C@H]1[C@@H]3CC[C@H]([C@H](C)CCCC(C)C)[C@@]3(C)CC[C@@H]12. The predicted molar refractivity (Wildman–Crippen MR) is 128 cm³/mol. The topological polar surface area (TPSA) is 38.8 Å². The number of carbonyl (C=O) groups is 1. The van der Waals surface area contributed by atoms with Crippen LogP contribution < -0.4 is 0 Å². The maximum atomic E-state index is 14.6. The van der Waals surface area contributed by atoms with Crippen molar-refractivity contribution in [2.24, 2.45) is 46.3 Å². The molecule has 4 aliphatic carbocycles. The molecule has 188 valence electrons. The largest absolute Gasteiger partial charge is 0.465 e. The summed E-state index contributed by atoms with van der Waals surface area (Å²) in [4.78, 5) is 11.8. The number of hydrogen-bond acceptors (Lipinski definition) is 3. The number of epoxide rings is 1. The number of halogens is 1. The number of hydrogen-bond donors (Lipinski definition) is 0. The van der Waals surface area contributed by atoms with Gasteiger partial charge >= 0.3 is 5.97 Å². The van der Waals surface area contributed by atoms with Crippen LogP contribution in [0.2, 0.25) is 0 Å². The van der Waals surface area contributed by atoms with E-state index < -0.39 is 6.17 Å². The van der Waals surface area contributed by atoms with Gasteiger partial charge in [0.15, 0.2) is 0 Å². The molecule has 3 nitrogen and oxygen atoms in total. The minimum Gasteiger partial charge on any atom is -0.465 e. The average molecular weight is 463 g/mol. The van der Waals surface area contributed by atoms with E-state index in [9.17, 15) is 9.18 Å². The molecule has 0 unspecified atom stereocenters. The number of fused-ring (bicyclic) bond motifs is 4. The molecule has 10 atom stereocenters. The fraction of sp³-hybridized carbons (Fsp3) is 0.966. The molecule has 4 heteroatoms. The molecule has 0 amide bonds. The minimum absolute atomic E-state index is 0.170. The molecule has 0 aromatic rings. The van der Waals surface area contributed by atoms with Gasteiger partial charge in [0.05, 0.1) is 6.10 Å². The molecule has 1 heterocycles. The van der Waals surface area contributed by atoms with Crippen LogP contribution in [0.25, 0.3) is 0 Å². The molecule has 5 aliphatic rings. The Morgan fingerprint density at radius 1 is 1.09 bits per heavy atom. The van der Waals surface area contributed by atoms with Crippen LogP contribution in [0.5, 0.6) is 0 Å². The number of alkyl halides is 1. The Hall–Kier alpha value is -0.640. The molecule has 0 aromatic carbocycles. The minimum atomic E-state index is -0.770. The molecule has 5 fully saturated rings. The third kappa shape index (κ3) is 3.71. The maximum absolute atomic E-state index is 14.6. The van der Waals surface area contributed by atoms with Gasteiger partial charge < -0.3 is 9.47 Å². The van der Waals surface area contributed by atoms with Crippen LogP contribution in [0, 0.1) is 46.3 Å². The summed E-state index contributed by atoms with van der Waals surface area (Å²) in [6, 6.07) is 0. The third-order valence-corrected chi connectivity index (χ3v) is 11.5. The van der Waals surface area contributed by atoms with Gasteiger partial charge in [0.25, 0.3) is 0 Å². The van der Waals surface area contributed by atoms with Gasteiger partial charge in [0.2, 0.25) is 0 Å². The average Bonchev–Trinajstić information content (AvgIpc) is 3.31. The predicted octanol–water partition coefficient (Wildman–Crippen LogP) is 7.12. The van der Waals surface area contributed by atoms with Crippen molar-refractivity contribution in [2.75, 3.05) is 6.61 Å². The van der Waals surface area contributed by atoms with Crippen LogP contribution in [-0.4, -0.2) is 30.5 Å². The van der Waals surface area contributed by atoms with E-state index >= 15 is 0 Å². The van der Waals surface area contributed by atoms with Gasteiger partial charge in [-0.05, 0) is 85.9 Å². The quantitative estimate of drug-likeness (QED) is 0.299. The Morgan fingerprint density at radius 3 is 2.61 bits per heavy atom. The Kier molecular flexibility index (Phi) is 6.19. The van der Waals surface area contributed by atoms with Crippen molar-refractivity contribution in [3.05, 3.63) is 0 Å². The summed E-state index contributed by atoms with van der Waals surface area (Å²) in [5.74, 6) is 4.11. The summed E-state index contributed by atoms with van der Waals surface area (Å²) in [6.45, 7) is 11.7. The first-order chi connectivity index (χ1) is 15.6. The molecule has 0 bridgehead atoms. The van der Waals surface area contributed by atoms with Crippen molar-refractivity contribution in [1.82, 2.24) is 0 Å². The van der Waals surface area contributed by atoms with Gasteiger partial charge in [-0.1, -0.05) is 47.0 Å². The lowest BCUT2D eigenvalue weighted by Gasteiger charge is -2.60. The first kappa shape index (κ1) is 24.1. The van der Waals surface area contributed by atoms with E-state index in [2.05, 4.69) is 27.7 Å². The van der Waals surface area contributed by atoms with Crippen LogP contribution in [0.4, 0.5) is 4.39 Å². The molecule has 33 heavy (non-hydrogen) atoms. The number of ether oxygens (including phenoxy) is 2. The van der Waals surface area contributed by atoms with Crippen LogP contribution in [-0.2, 0) is 14.3 Å². The molecule has 1 spiro atoms. The Bertz CT molecular complexity index is 753.